The van der Waals surface area contributed by atoms with Gasteiger partial charge in [-0.15, -0.1) is 0 Å². The van der Waals surface area contributed by atoms with Crippen molar-refractivity contribution in [2.75, 3.05) is 13.1 Å². The molecular weight excluding hydrogens is 599 g/mol. The highest BCUT2D eigenvalue weighted by atomic mass is 32.2. The lowest BCUT2D eigenvalue weighted by molar-refractivity contribution is -0.348. The van der Waals surface area contributed by atoms with Crippen molar-refractivity contribution in [2.45, 2.75) is 59.8 Å². The van der Waals surface area contributed by atoms with Gasteiger partial charge in [-0.25, -0.2) is 12.8 Å². The van der Waals surface area contributed by atoms with Gasteiger partial charge in [0.1, 0.15) is 10.5 Å². The minimum Gasteiger partial charge on any atom is -0.508 e. The Kier molecular flexibility index (Phi) is 8.06. The zero-order chi connectivity index (χ0) is 31.3. The lowest BCUT2D eigenvalue weighted by atomic mass is 9.81. The van der Waals surface area contributed by atoms with E-state index in [2.05, 4.69) is 0 Å². The zero-order valence-corrected chi connectivity index (χ0v) is 22.6. The highest BCUT2D eigenvalue weighted by Crippen LogP contribution is 2.54. The van der Waals surface area contributed by atoms with Gasteiger partial charge in [-0.3, -0.25) is 9.59 Å². The molecule has 0 spiro atoms. The highest BCUT2D eigenvalue weighted by Gasteiger charge is 2.73. The van der Waals surface area contributed by atoms with E-state index in [1.807, 2.05) is 0 Å². The van der Waals surface area contributed by atoms with Crippen LogP contribution in [0.25, 0.3) is 0 Å². The molecule has 2 fully saturated rings. The molecule has 1 amide bonds. The number of carbonyl (C=O) groups excluding carboxylic acids is 1. The number of phenols is 1. The molecule has 1 saturated heterocycles. The van der Waals surface area contributed by atoms with Crippen LogP contribution in [0.1, 0.15) is 43.2 Å². The maximum atomic E-state index is 14.7. The number of aromatic hydroxyl groups is 1. The average molecular weight is 626 g/mol. The fourth-order valence-electron chi connectivity index (χ4n) is 5.79. The molecule has 0 bridgehead atoms. The fourth-order valence-corrected chi connectivity index (χ4v) is 7.91. The molecule has 1 atom stereocenters. The molecule has 2 aromatic carbocycles. The lowest BCUT2D eigenvalue weighted by Crippen LogP contribution is -2.50. The average Bonchev–Trinajstić information content (AvgIpc) is 3.38. The van der Waals surface area contributed by atoms with Gasteiger partial charge in [0, 0.05) is 24.6 Å². The van der Waals surface area contributed by atoms with Crippen LogP contribution in [0, 0.1) is 11.8 Å². The summed E-state index contributed by atoms with van der Waals surface area (Å²) in [6, 6.07) is 6.28. The predicted octanol–water partition coefficient (Wildman–Crippen LogP) is 5.47. The molecule has 1 heterocycles. The van der Waals surface area contributed by atoms with Gasteiger partial charge in [-0.05, 0) is 55.9 Å². The molecular formula is C27H26F7NO6S. The second kappa shape index (κ2) is 10.7. The van der Waals surface area contributed by atoms with Crippen LogP contribution in [0.3, 0.4) is 0 Å². The third-order valence-electron chi connectivity index (χ3n) is 8.20. The number of sulfone groups is 1. The summed E-state index contributed by atoms with van der Waals surface area (Å²) in [7, 11) is -4.57. The number of aliphatic carboxylic acids is 1. The third kappa shape index (κ3) is 5.20. The first-order chi connectivity index (χ1) is 19.3. The van der Waals surface area contributed by atoms with Crippen LogP contribution < -0.4 is 0 Å². The summed E-state index contributed by atoms with van der Waals surface area (Å²) in [4.78, 5) is 25.4. The second-order valence-electron chi connectivity index (χ2n) is 10.6. The van der Waals surface area contributed by atoms with Crippen LogP contribution in [0.2, 0.25) is 0 Å². The number of phenolic OH excluding ortho intramolecular Hbond substituents is 1. The summed E-state index contributed by atoms with van der Waals surface area (Å²) >= 11 is 0. The molecule has 0 radical (unpaired) electrons. The molecule has 1 aliphatic heterocycles. The molecule has 15 heteroatoms. The monoisotopic (exact) mass is 625 g/mol. The summed E-state index contributed by atoms with van der Waals surface area (Å²) in [6.45, 7) is -0.670. The SMILES string of the molecule is O=C(O)C1CCC(C(=O)N2CCC(c3ccc(C(F)(C(F)(F)F)C(F)(F)F)cc3)(S(=O)(=O)c3cccc(O)c3)C2)CC1. The van der Waals surface area contributed by atoms with Gasteiger partial charge in [0.25, 0.3) is 0 Å². The van der Waals surface area contributed by atoms with E-state index in [1.54, 1.807) is 0 Å². The van der Waals surface area contributed by atoms with E-state index in [-0.39, 0.29) is 56.3 Å². The van der Waals surface area contributed by atoms with E-state index in [0.29, 0.717) is 12.1 Å². The summed E-state index contributed by atoms with van der Waals surface area (Å²) in [5, 5.41) is 19.1. The number of hydrogen-bond acceptors (Lipinski definition) is 5. The van der Waals surface area contributed by atoms with Gasteiger partial charge in [0.05, 0.1) is 10.8 Å². The minimum atomic E-state index is -6.37. The molecule has 2 N–H and O–H groups in total. The predicted molar refractivity (Wildman–Crippen MR) is 133 cm³/mol. The molecule has 1 unspecified atom stereocenters. The quantitative estimate of drug-likeness (QED) is 0.412. The number of benzene rings is 2. The maximum Gasteiger partial charge on any atom is 0.435 e. The van der Waals surface area contributed by atoms with E-state index in [0.717, 1.165) is 12.1 Å². The number of rotatable bonds is 6. The van der Waals surface area contributed by atoms with Gasteiger partial charge >= 0.3 is 24.0 Å². The van der Waals surface area contributed by atoms with Crippen LogP contribution in [0.4, 0.5) is 30.7 Å². The summed E-state index contributed by atoms with van der Waals surface area (Å²) in [5.74, 6) is -3.10. The Morgan fingerprint density at radius 1 is 0.857 bits per heavy atom. The Morgan fingerprint density at radius 2 is 1.40 bits per heavy atom. The number of amides is 1. The van der Waals surface area contributed by atoms with E-state index in [1.165, 1.54) is 17.0 Å². The van der Waals surface area contributed by atoms with Crippen molar-refractivity contribution in [2.24, 2.45) is 11.8 Å². The Bertz CT molecular complexity index is 1440. The molecule has 0 aromatic heterocycles. The third-order valence-corrected chi connectivity index (χ3v) is 10.7. The largest absolute Gasteiger partial charge is 0.508 e. The number of carboxylic acids is 1. The summed E-state index contributed by atoms with van der Waals surface area (Å²) in [6.07, 6.45) is -12.1. The van der Waals surface area contributed by atoms with E-state index in [9.17, 15) is 59.0 Å². The van der Waals surface area contributed by atoms with Crippen molar-refractivity contribution < 1.29 is 59.0 Å². The fraction of sp³-hybridized carbons (Fsp3) is 0.481. The molecule has 7 nitrogen and oxygen atoms in total. The molecule has 1 aliphatic carbocycles. The Morgan fingerprint density at radius 3 is 1.90 bits per heavy atom. The van der Waals surface area contributed by atoms with Gasteiger partial charge in [-0.2, -0.15) is 26.3 Å². The lowest BCUT2D eigenvalue weighted by Gasteiger charge is -2.33. The number of alkyl halides is 7. The van der Waals surface area contributed by atoms with Gasteiger partial charge in [0.2, 0.25) is 5.91 Å². The Hall–Kier alpha value is -3.36. The minimum absolute atomic E-state index is 0.143. The van der Waals surface area contributed by atoms with Crippen LogP contribution >= 0.6 is 0 Å². The van der Waals surface area contributed by atoms with Gasteiger partial charge < -0.3 is 15.1 Å². The summed E-state index contributed by atoms with van der Waals surface area (Å²) in [5.41, 5.74) is -7.79. The zero-order valence-electron chi connectivity index (χ0n) is 21.8. The normalized spacial score (nSPS) is 24.0. The van der Waals surface area contributed by atoms with Crippen molar-refractivity contribution in [3.63, 3.8) is 0 Å². The number of halogens is 7. The first kappa shape index (κ1) is 31.6. The van der Waals surface area contributed by atoms with Gasteiger partial charge in [-0.1, -0.05) is 30.3 Å². The molecule has 230 valence electrons. The maximum absolute atomic E-state index is 14.7. The molecule has 2 aliphatic rings. The topological polar surface area (TPSA) is 112 Å². The first-order valence-corrected chi connectivity index (χ1v) is 14.3. The van der Waals surface area contributed by atoms with Crippen molar-refractivity contribution in [3.05, 3.63) is 59.7 Å². The number of carbonyl (C=O) groups is 2. The number of carboxylic acid groups (broad SMARTS) is 1. The van der Waals surface area contributed by atoms with E-state index >= 15 is 0 Å². The summed E-state index contributed by atoms with van der Waals surface area (Å²) < 4.78 is 120. The molecule has 4 rings (SSSR count). The van der Waals surface area contributed by atoms with Crippen molar-refractivity contribution in [3.8, 4) is 5.75 Å². The van der Waals surface area contributed by atoms with Crippen LogP contribution in [0.15, 0.2) is 53.4 Å². The first-order valence-electron chi connectivity index (χ1n) is 12.8. The van der Waals surface area contributed by atoms with Crippen molar-refractivity contribution in [1.29, 1.82) is 0 Å². The number of nitrogens with zero attached hydrogens (tertiary/aromatic N) is 1. The number of likely N-dealkylation sites (tertiary alicyclic amines) is 1. The van der Waals surface area contributed by atoms with Crippen LogP contribution in [-0.4, -0.2) is 60.8 Å². The smallest absolute Gasteiger partial charge is 0.435 e. The Labute approximate surface area is 235 Å². The highest BCUT2D eigenvalue weighted by molar-refractivity contribution is 7.92. The molecule has 42 heavy (non-hydrogen) atoms. The van der Waals surface area contributed by atoms with Gasteiger partial charge in [0.15, 0.2) is 9.84 Å². The molecule has 1 saturated carbocycles. The van der Waals surface area contributed by atoms with Crippen LogP contribution in [0.5, 0.6) is 5.75 Å². The van der Waals surface area contributed by atoms with Crippen molar-refractivity contribution >= 4 is 21.7 Å². The van der Waals surface area contributed by atoms with E-state index in [4.69, 9.17) is 0 Å². The number of hydrogen-bond donors (Lipinski definition) is 2. The molecule has 2 aromatic rings. The Balaban J connectivity index is 1.75. The standard InChI is InChI=1S/C27H26F7NO6S/c28-25(26(29,30)31,27(32,33)34)19-10-8-18(9-11-19)24(42(40,41)21-3-1-2-20(36)14-21)12-13-35(15-24)22(37)16-4-6-17(7-5-16)23(38)39/h1-3,8-11,14,16-17,36H,4-7,12-13,15H2,(H,38,39). The van der Waals surface area contributed by atoms with Crippen molar-refractivity contribution in [1.82, 2.24) is 4.90 Å². The second-order valence-corrected chi connectivity index (χ2v) is 12.9. The van der Waals surface area contributed by atoms with Crippen LogP contribution in [-0.2, 0) is 29.8 Å². The van der Waals surface area contributed by atoms with E-state index < -0.39 is 79.1 Å².